The molecule has 2 aliphatic heterocycles. The maximum absolute atomic E-state index is 15.3. The van der Waals surface area contributed by atoms with Crippen LogP contribution in [0.4, 0.5) is 0 Å². The number of carbonyl (C=O) groups is 4. The lowest BCUT2D eigenvalue weighted by Gasteiger charge is -2.73. The minimum absolute atomic E-state index is 0.0479. The van der Waals surface area contributed by atoms with Crippen LogP contribution < -0.4 is 0 Å². The average molecular weight is 659 g/mol. The summed E-state index contributed by atoms with van der Waals surface area (Å²) in [6.07, 6.45) is -1.82. The summed E-state index contributed by atoms with van der Waals surface area (Å²) in [7, 11) is 0. The van der Waals surface area contributed by atoms with E-state index in [0.29, 0.717) is 12.8 Å². The van der Waals surface area contributed by atoms with Crippen LogP contribution in [0.25, 0.3) is 0 Å². The van der Waals surface area contributed by atoms with Crippen LogP contribution in [-0.2, 0) is 42.9 Å². The molecule has 3 heterocycles. The predicted octanol–water partition coefficient (Wildman–Crippen LogP) is 3.06. The normalized spacial score (nSPS) is 49.8. The van der Waals surface area contributed by atoms with Gasteiger partial charge in [0.1, 0.15) is 11.7 Å². The molecule has 6 aliphatic rings. The number of ketones is 1. The number of aliphatic hydroxyl groups is 2. The first kappa shape index (κ1) is 32.7. The maximum Gasteiger partial charge on any atom is 0.310 e. The van der Waals surface area contributed by atoms with Crippen LogP contribution in [0.15, 0.2) is 23.0 Å². The van der Waals surface area contributed by atoms with E-state index in [1.807, 2.05) is 26.8 Å². The van der Waals surface area contributed by atoms with Gasteiger partial charge in [0.25, 0.3) is 0 Å². The third-order valence-electron chi connectivity index (χ3n) is 13.8. The summed E-state index contributed by atoms with van der Waals surface area (Å²) in [6, 6.07) is 1.84. The molecule has 6 fully saturated rings. The topological polar surface area (TPSA) is 171 Å². The van der Waals surface area contributed by atoms with Gasteiger partial charge in [0.2, 0.25) is 6.29 Å². The fourth-order valence-corrected chi connectivity index (χ4v) is 11.5. The summed E-state index contributed by atoms with van der Waals surface area (Å²) < 4.78 is 36.3. The molecule has 1 spiro atoms. The second-order valence-electron chi connectivity index (χ2n) is 15.6. The fourth-order valence-electron chi connectivity index (χ4n) is 11.5. The Morgan fingerprint density at radius 3 is 2.32 bits per heavy atom. The molecule has 7 rings (SSSR count). The van der Waals surface area contributed by atoms with Crippen molar-refractivity contribution in [3.8, 4) is 0 Å². The molecule has 0 radical (unpaired) electrons. The van der Waals surface area contributed by atoms with Crippen LogP contribution in [0.5, 0.6) is 0 Å². The van der Waals surface area contributed by atoms with E-state index in [9.17, 15) is 24.6 Å². The standard InChI is InChI=1S/C35H46O12/c1-8-16(2)29(41)46-30-31(5)21-12-22(38)33(7)27(34(21,15-43-30)23(39)13-24(31)44-17(3)36)26(40)28(45-18(4)37)32(6)20(19-9-10-42-14-19)11-25-35(32,33)47-25/h9-10,14,16,20-25,27-28,30,38-39H,8,11-13,15H2,1-7H3/t16?,20-,21-,22+,23-,24+,25+,27-,28-,30-,31+,32+,33+,34+,35+/m0/s1. The van der Waals surface area contributed by atoms with Crippen LogP contribution in [0.1, 0.15) is 85.6 Å². The molecule has 12 heteroatoms. The summed E-state index contributed by atoms with van der Waals surface area (Å²) in [5, 5.41) is 24.7. The number of hydrogen-bond donors (Lipinski definition) is 2. The summed E-state index contributed by atoms with van der Waals surface area (Å²) in [4.78, 5) is 53.6. The van der Waals surface area contributed by atoms with Crippen molar-refractivity contribution in [1.29, 1.82) is 0 Å². The third kappa shape index (κ3) is 3.78. The molecule has 4 saturated carbocycles. The molecule has 0 aromatic carbocycles. The number of rotatable bonds is 6. The highest BCUT2D eigenvalue weighted by Crippen LogP contribution is 2.83. The number of fused-ring (bicyclic) bond motifs is 1. The van der Waals surface area contributed by atoms with Gasteiger partial charge in [-0.05, 0) is 43.7 Å². The van der Waals surface area contributed by atoms with E-state index in [4.69, 9.17) is 28.1 Å². The van der Waals surface area contributed by atoms with Crippen molar-refractivity contribution in [2.24, 2.45) is 39.4 Å². The summed E-state index contributed by atoms with van der Waals surface area (Å²) in [5.41, 5.74) is -5.14. The van der Waals surface area contributed by atoms with E-state index >= 15 is 4.79 Å². The largest absolute Gasteiger partial charge is 0.472 e. The highest BCUT2D eigenvalue weighted by Gasteiger charge is 2.92. The van der Waals surface area contributed by atoms with E-state index in [0.717, 1.165) is 5.56 Å². The van der Waals surface area contributed by atoms with Gasteiger partial charge in [0, 0.05) is 42.9 Å². The molecular weight excluding hydrogens is 612 g/mol. The van der Waals surface area contributed by atoms with Gasteiger partial charge >= 0.3 is 17.9 Å². The van der Waals surface area contributed by atoms with E-state index in [1.165, 1.54) is 13.8 Å². The Morgan fingerprint density at radius 2 is 1.70 bits per heavy atom. The Hall–Kier alpha value is -2.80. The number of carbonyl (C=O) groups excluding carboxylic acids is 4. The van der Waals surface area contributed by atoms with Crippen LogP contribution in [0, 0.1) is 39.4 Å². The number of hydrogen-bond acceptors (Lipinski definition) is 12. The van der Waals surface area contributed by atoms with E-state index in [1.54, 1.807) is 26.4 Å². The molecule has 4 aliphatic carbocycles. The van der Waals surface area contributed by atoms with Crippen molar-refractivity contribution >= 4 is 23.7 Å². The van der Waals surface area contributed by atoms with E-state index < -0.39 is 99.4 Å². The van der Waals surface area contributed by atoms with Crippen molar-refractivity contribution < 1.29 is 57.5 Å². The Morgan fingerprint density at radius 1 is 1.00 bits per heavy atom. The van der Waals surface area contributed by atoms with Gasteiger partial charge < -0.3 is 38.3 Å². The zero-order valence-electron chi connectivity index (χ0n) is 28.0. The Balaban J connectivity index is 1.40. The van der Waals surface area contributed by atoms with Crippen molar-refractivity contribution in [2.75, 3.05) is 6.61 Å². The minimum Gasteiger partial charge on any atom is -0.472 e. The maximum atomic E-state index is 15.3. The highest BCUT2D eigenvalue weighted by molar-refractivity contribution is 5.93. The zero-order valence-corrected chi connectivity index (χ0v) is 28.0. The summed E-state index contributed by atoms with van der Waals surface area (Å²) in [5.74, 6) is -4.62. The molecule has 2 saturated heterocycles. The second-order valence-corrected chi connectivity index (χ2v) is 15.6. The zero-order chi connectivity index (χ0) is 34.1. The molecule has 258 valence electrons. The van der Waals surface area contributed by atoms with Gasteiger partial charge in [-0.15, -0.1) is 0 Å². The fraction of sp³-hybridized carbons (Fsp3) is 0.771. The van der Waals surface area contributed by atoms with Crippen LogP contribution >= 0.6 is 0 Å². The highest BCUT2D eigenvalue weighted by atomic mass is 16.7. The second kappa shape index (κ2) is 10.4. The number of ether oxygens (including phenoxy) is 5. The minimum atomic E-state index is -1.32. The van der Waals surface area contributed by atoms with Gasteiger partial charge in [0.05, 0.1) is 54.2 Å². The molecule has 1 aromatic rings. The Kier molecular flexibility index (Phi) is 7.21. The number of aliphatic hydroxyl groups excluding tert-OH is 2. The lowest BCUT2D eigenvalue weighted by atomic mass is 9.33. The lowest BCUT2D eigenvalue weighted by Crippen LogP contribution is -2.82. The molecule has 2 bridgehead atoms. The molecule has 47 heavy (non-hydrogen) atoms. The smallest absolute Gasteiger partial charge is 0.310 e. The number of Topliss-reactive ketones (excluding diaryl/α,β-unsaturated/α-hetero) is 1. The molecule has 0 amide bonds. The molecule has 1 aromatic heterocycles. The monoisotopic (exact) mass is 658 g/mol. The quantitative estimate of drug-likeness (QED) is 0.260. The van der Waals surface area contributed by atoms with Crippen molar-refractivity contribution in [2.45, 2.75) is 122 Å². The first-order chi connectivity index (χ1) is 22.1. The van der Waals surface area contributed by atoms with Crippen LogP contribution in [0.2, 0.25) is 0 Å². The number of furan rings is 1. The molecule has 12 nitrogen and oxygen atoms in total. The first-order valence-corrected chi connectivity index (χ1v) is 16.8. The van der Waals surface area contributed by atoms with Gasteiger partial charge in [-0.3, -0.25) is 19.2 Å². The van der Waals surface area contributed by atoms with E-state index in [2.05, 4.69) is 0 Å². The Bertz CT molecular complexity index is 1490. The molecule has 15 atom stereocenters. The van der Waals surface area contributed by atoms with Crippen molar-refractivity contribution in [3.05, 3.63) is 24.2 Å². The number of esters is 3. The molecular formula is C35H46O12. The van der Waals surface area contributed by atoms with Crippen LogP contribution in [-0.4, -0.2) is 82.9 Å². The van der Waals surface area contributed by atoms with Gasteiger partial charge in [-0.25, -0.2) is 0 Å². The van der Waals surface area contributed by atoms with Crippen molar-refractivity contribution in [3.63, 3.8) is 0 Å². The third-order valence-corrected chi connectivity index (χ3v) is 13.8. The van der Waals surface area contributed by atoms with Gasteiger partial charge in [-0.1, -0.05) is 27.7 Å². The SMILES string of the molecule is CCC(C)C(=O)O[C@@H]1OC[C@@]23[C@H]4C(=O)[C@H](OC(C)=O)[C@@]5(C)[C@H](c6ccoc6)C[C@H]6O[C@]65[C@]4(C)[C@H](O)C[C@H]2[C@]1(C)[C@H](OC(C)=O)C[C@@H]3O. The first-order valence-electron chi connectivity index (χ1n) is 16.8. The van der Waals surface area contributed by atoms with E-state index in [-0.39, 0.29) is 31.5 Å². The molecule has 2 N–H and O–H groups in total. The van der Waals surface area contributed by atoms with Gasteiger partial charge in [0.15, 0.2) is 11.9 Å². The Labute approximate surface area is 273 Å². The average Bonchev–Trinajstić information content (AvgIpc) is 3.36. The van der Waals surface area contributed by atoms with Crippen LogP contribution in [0.3, 0.4) is 0 Å². The van der Waals surface area contributed by atoms with Crippen molar-refractivity contribution in [1.82, 2.24) is 0 Å². The summed E-state index contributed by atoms with van der Waals surface area (Å²) >= 11 is 0. The summed E-state index contributed by atoms with van der Waals surface area (Å²) in [6.45, 7) is 11.5. The number of epoxide rings is 1. The predicted molar refractivity (Wildman–Crippen MR) is 160 cm³/mol. The molecule has 1 unspecified atom stereocenters. The van der Waals surface area contributed by atoms with Gasteiger partial charge in [-0.2, -0.15) is 0 Å². The lowest BCUT2D eigenvalue weighted by molar-refractivity contribution is -0.374.